The van der Waals surface area contributed by atoms with Crippen molar-refractivity contribution in [2.24, 2.45) is 0 Å². The van der Waals surface area contributed by atoms with E-state index in [4.69, 9.17) is 16.7 Å². The monoisotopic (exact) mass is 270 g/mol. The van der Waals surface area contributed by atoms with E-state index in [1.54, 1.807) is 25.1 Å². The number of carbonyl (C=O) groups excluding carboxylic acids is 1. The summed E-state index contributed by atoms with van der Waals surface area (Å²) in [7, 11) is 0. The first-order valence-corrected chi connectivity index (χ1v) is 6.31. The number of nitrogens with one attached hydrogen (secondary N) is 2. The molecule has 0 aliphatic rings. The fourth-order valence-electron chi connectivity index (χ4n) is 1.55. The van der Waals surface area contributed by atoms with Crippen molar-refractivity contribution in [1.29, 1.82) is 0 Å². The Morgan fingerprint density at radius 3 is 2.78 bits per heavy atom. The number of benzene rings is 1. The average molecular weight is 271 g/mol. The van der Waals surface area contributed by atoms with Gasteiger partial charge < -0.3 is 15.7 Å². The van der Waals surface area contributed by atoms with Gasteiger partial charge in [0.05, 0.1) is 6.10 Å². The zero-order chi connectivity index (χ0) is 13.5. The first-order chi connectivity index (χ1) is 8.50. The summed E-state index contributed by atoms with van der Waals surface area (Å²) in [5, 5.41) is 15.5. The molecule has 1 rings (SSSR count). The third-order valence-corrected chi connectivity index (χ3v) is 2.70. The van der Waals surface area contributed by atoms with Crippen LogP contribution >= 0.6 is 11.6 Å². The molecule has 1 amide bonds. The molecule has 0 aliphatic carbocycles. The Kier molecular flexibility index (Phi) is 6.12. The molecule has 0 heterocycles. The van der Waals surface area contributed by atoms with Gasteiger partial charge in [-0.25, -0.2) is 0 Å². The van der Waals surface area contributed by atoms with E-state index in [0.717, 1.165) is 5.56 Å². The van der Waals surface area contributed by atoms with Crippen molar-refractivity contribution in [1.82, 2.24) is 10.6 Å². The molecule has 1 aromatic rings. The van der Waals surface area contributed by atoms with Crippen LogP contribution in [-0.4, -0.2) is 36.8 Å². The van der Waals surface area contributed by atoms with Gasteiger partial charge in [-0.1, -0.05) is 11.6 Å². The predicted octanol–water partition coefficient (Wildman–Crippen LogP) is 1.35. The maximum Gasteiger partial charge on any atom is 0.251 e. The zero-order valence-electron chi connectivity index (χ0n) is 10.7. The number of halogens is 1. The Bertz CT molecular complexity index is 408. The maximum absolute atomic E-state index is 11.8. The van der Waals surface area contributed by atoms with Gasteiger partial charge >= 0.3 is 0 Å². The van der Waals surface area contributed by atoms with Crippen molar-refractivity contribution in [2.45, 2.75) is 20.0 Å². The van der Waals surface area contributed by atoms with E-state index in [9.17, 15) is 4.79 Å². The number of amides is 1. The number of hydrogen-bond donors (Lipinski definition) is 3. The first-order valence-electron chi connectivity index (χ1n) is 5.94. The van der Waals surface area contributed by atoms with Crippen LogP contribution in [0.5, 0.6) is 0 Å². The molecule has 0 aliphatic heterocycles. The highest BCUT2D eigenvalue weighted by molar-refractivity contribution is 6.30. The van der Waals surface area contributed by atoms with Gasteiger partial charge in [0, 0.05) is 30.2 Å². The summed E-state index contributed by atoms with van der Waals surface area (Å²) in [5.41, 5.74) is 1.49. The summed E-state index contributed by atoms with van der Waals surface area (Å²) in [6.07, 6.45) is -0.376. The molecule has 0 aromatic heterocycles. The largest absolute Gasteiger partial charge is 0.392 e. The lowest BCUT2D eigenvalue weighted by Gasteiger charge is -2.09. The van der Waals surface area contributed by atoms with Crippen molar-refractivity contribution in [2.75, 3.05) is 19.6 Å². The van der Waals surface area contributed by atoms with E-state index in [1.165, 1.54) is 0 Å². The van der Waals surface area contributed by atoms with Crippen LogP contribution in [-0.2, 0) is 0 Å². The van der Waals surface area contributed by atoms with Gasteiger partial charge in [-0.15, -0.1) is 0 Å². The summed E-state index contributed by atoms with van der Waals surface area (Å²) in [4.78, 5) is 11.8. The smallest absolute Gasteiger partial charge is 0.251 e. The van der Waals surface area contributed by atoms with Crippen molar-refractivity contribution in [3.8, 4) is 0 Å². The molecule has 1 aromatic carbocycles. The first kappa shape index (κ1) is 15.0. The summed E-state index contributed by atoms with van der Waals surface area (Å²) in [6, 6.07) is 5.19. The molecule has 0 saturated carbocycles. The SMILES string of the molecule is Cc1cc(Cl)ccc1C(=O)NCCNCC(C)O. The molecule has 0 bridgehead atoms. The average Bonchev–Trinajstić information content (AvgIpc) is 2.27. The Hall–Kier alpha value is -1.10. The van der Waals surface area contributed by atoms with Gasteiger partial charge in [-0.3, -0.25) is 4.79 Å². The molecule has 5 heteroatoms. The van der Waals surface area contributed by atoms with Gasteiger partial charge in [0.2, 0.25) is 0 Å². The predicted molar refractivity (Wildman–Crippen MR) is 73.1 cm³/mol. The minimum Gasteiger partial charge on any atom is -0.392 e. The molecule has 0 saturated heterocycles. The Balaban J connectivity index is 2.36. The second-order valence-corrected chi connectivity index (χ2v) is 4.70. The third kappa shape index (κ3) is 5.04. The standard InChI is InChI=1S/C13H19ClN2O2/c1-9-7-11(14)3-4-12(9)13(18)16-6-5-15-8-10(2)17/h3-4,7,10,15,17H,5-6,8H2,1-2H3,(H,16,18). The van der Waals surface area contributed by atoms with Crippen LogP contribution in [0.4, 0.5) is 0 Å². The van der Waals surface area contributed by atoms with Crippen molar-refractivity contribution < 1.29 is 9.90 Å². The van der Waals surface area contributed by atoms with Crippen molar-refractivity contribution >= 4 is 17.5 Å². The Morgan fingerprint density at radius 2 is 2.17 bits per heavy atom. The van der Waals surface area contributed by atoms with Crippen LogP contribution in [0.2, 0.25) is 5.02 Å². The normalized spacial score (nSPS) is 12.2. The zero-order valence-corrected chi connectivity index (χ0v) is 11.4. The van der Waals surface area contributed by atoms with Gasteiger partial charge in [-0.2, -0.15) is 0 Å². The van der Waals surface area contributed by atoms with Crippen LogP contribution in [0.1, 0.15) is 22.8 Å². The minimum absolute atomic E-state index is 0.108. The molecular formula is C13H19ClN2O2. The van der Waals surface area contributed by atoms with E-state index >= 15 is 0 Å². The molecule has 100 valence electrons. The number of hydrogen-bond acceptors (Lipinski definition) is 3. The molecule has 1 atom stereocenters. The quantitative estimate of drug-likeness (QED) is 0.684. The van der Waals surface area contributed by atoms with Gasteiger partial charge in [-0.05, 0) is 37.6 Å². The highest BCUT2D eigenvalue weighted by Crippen LogP contribution is 2.14. The Labute approximate surface area is 112 Å². The molecule has 1 unspecified atom stereocenters. The van der Waals surface area contributed by atoms with Crippen LogP contribution in [0.3, 0.4) is 0 Å². The fraction of sp³-hybridized carbons (Fsp3) is 0.462. The lowest BCUT2D eigenvalue weighted by molar-refractivity contribution is 0.0953. The van der Waals surface area contributed by atoms with Crippen LogP contribution in [0.15, 0.2) is 18.2 Å². The van der Waals surface area contributed by atoms with Gasteiger partial charge in [0.1, 0.15) is 0 Å². The summed E-state index contributed by atoms with van der Waals surface area (Å²) in [6.45, 7) is 5.24. The van der Waals surface area contributed by atoms with Crippen LogP contribution in [0.25, 0.3) is 0 Å². The van der Waals surface area contributed by atoms with Gasteiger partial charge in [0.15, 0.2) is 0 Å². The number of aliphatic hydroxyl groups excluding tert-OH is 1. The number of rotatable bonds is 6. The third-order valence-electron chi connectivity index (χ3n) is 2.46. The van der Waals surface area contributed by atoms with E-state index < -0.39 is 0 Å². The lowest BCUT2D eigenvalue weighted by atomic mass is 10.1. The van der Waals surface area contributed by atoms with E-state index in [0.29, 0.717) is 30.2 Å². The topological polar surface area (TPSA) is 61.4 Å². The van der Waals surface area contributed by atoms with E-state index in [-0.39, 0.29) is 12.0 Å². The summed E-state index contributed by atoms with van der Waals surface area (Å²) < 4.78 is 0. The number of aryl methyl sites for hydroxylation is 1. The highest BCUT2D eigenvalue weighted by atomic mass is 35.5. The number of carbonyl (C=O) groups is 1. The second kappa shape index (κ2) is 7.36. The van der Waals surface area contributed by atoms with Crippen molar-refractivity contribution in [3.05, 3.63) is 34.3 Å². The highest BCUT2D eigenvalue weighted by Gasteiger charge is 2.08. The number of aliphatic hydroxyl groups is 1. The van der Waals surface area contributed by atoms with Crippen LogP contribution < -0.4 is 10.6 Å². The van der Waals surface area contributed by atoms with E-state index in [1.807, 2.05) is 6.92 Å². The van der Waals surface area contributed by atoms with Gasteiger partial charge in [0.25, 0.3) is 5.91 Å². The van der Waals surface area contributed by atoms with Crippen molar-refractivity contribution in [3.63, 3.8) is 0 Å². The summed E-state index contributed by atoms with van der Waals surface area (Å²) in [5.74, 6) is -0.108. The Morgan fingerprint density at radius 1 is 1.44 bits per heavy atom. The molecule has 0 radical (unpaired) electrons. The molecular weight excluding hydrogens is 252 g/mol. The summed E-state index contributed by atoms with van der Waals surface area (Å²) >= 11 is 5.83. The second-order valence-electron chi connectivity index (χ2n) is 4.27. The molecule has 0 spiro atoms. The fourth-order valence-corrected chi connectivity index (χ4v) is 1.78. The molecule has 0 fully saturated rings. The lowest BCUT2D eigenvalue weighted by Crippen LogP contribution is -2.34. The van der Waals surface area contributed by atoms with E-state index in [2.05, 4.69) is 10.6 Å². The molecule has 18 heavy (non-hydrogen) atoms. The molecule has 3 N–H and O–H groups in total. The maximum atomic E-state index is 11.8. The van der Waals surface area contributed by atoms with Crippen LogP contribution in [0, 0.1) is 6.92 Å². The molecule has 4 nitrogen and oxygen atoms in total. The minimum atomic E-state index is -0.376.